The van der Waals surface area contributed by atoms with Crippen LogP contribution in [0.3, 0.4) is 0 Å². The molecule has 2 aliphatic rings. The summed E-state index contributed by atoms with van der Waals surface area (Å²) in [5.41, 5.74) is 4.39. The third-order valence-electron chi connectivity index (χ3n) is 5.28. The molecule has 2 rings (SSSR count). The summed E-state index contributed by atoms with van der Waals surface area (Å²) in [5.74, 6) is 0.936. The van der Waals surface area contributed by atoms with Crippen LogP contribution in [-0.2, 0) is 9.84 Å². The van der Waals surface area contributed by atoms with Crippen LogP contribution >= 0.6 is 0 Å². The van der Waals surface area contributed by atoms with Crippen molar-refractivity contribution in [1.29, 1.82) is 0 Å². The van der Waals surface area contributed by atoms with E-state index in [9.17, 15) is 13.5 Å². The lowest BCUT2D eigenvalue weighted by Crippen LogP contribution is -2.55. The number of rotatable bonds is 3. The molecule has 0 amide bonds. The second-order valence-corrected chi connectivity index (χ2v) is 8.39. The smallest absolute Gasteiger partial charge is 0.151 e. The van der Waals surface area contributed by atoms with Gasteiger partial charge in [-0.1, -0.05) is 13.3 Å². The second-order valence-electron chi connectivity index (χ2n) is 6.21. The average molecular weight is 275 g/mol. The van der Waals surface area contributed by atoms with Gasteiger partial charge < -0.3 is 10.8 Å². The highest BCUT2D eigenvalue weighted by atomic mass is 32.2. The van der Waals surface area contributed by atoms with Crippen molar-refractivity contribution in [3.8, 4) is 0 Å². The minimum Gasteiger partial charge on any atom is -0.389 e. The summed E-state index contributed by atoms with van der Waals surface area (Å²) < 4.78 is 23.5. The minimum atomic E-state index is -3.01. The predicted molar refractivity (Wildman–Crippen MR) is 72.0 cm³/mol. The molecule has 0 radical (unpaired) electrons. The van der Waals surface area contributed by atoms with Gasteiger partial charge in [-0.15, -0.1) is 0 Å². The lowest BCUT2D eigenvalue weighted by Gasteiger charge is -2.47. The normalized spacial score (nSPS) is 44.1. The van der Waals surface area contributed by atoms with Gasteiger partial charge in [-0.25, -0.2) is 8.42 Å². The van der Waals surface area contributed by atoms with Gasteiger partial charge in [-0.2, -0.15) is 0 Å². The molecule has 0 spiro atoms. The van der Waals surface area contributed by atoms with Gasteiger partial charge in [0, 0.05) is 12.0 Å². The second kappa shape index (κ2) is 4.76. The van der Waals surface area contributed by atoms with E-state index < -0.39 is 20.9 Å². The SMILES string of the molecule is CCC1CCC(O)(C2(CN)CCS(=O)(=O)C2)CC1. The maximum Gasteiger partial charge on any atom is 0.151 e. The van der Waals surface area contributed by atoms with Crippen LogP contribution in [0.15, 0.2) is 0 Å². The Morgan fingerprint density at radius 1 is 1.28 bits per heavy atom. The van der Waals surface area contributed by atoms with E-state index in [1.807, 2.05) is 0 Å². The van der Waals surface area contributed by atoms with Crippen LogP contribution in [0.2, 0.25) is 0 Å². The van der Waals surface area contributed by atoms with Crippen LogP contribution in [0.4, 0.5) is 0 Å². The van der Waals surface area contributed by atoms with E-state index in [4.69, 9.17) is 5.73 Å². The Kier molecular flexibility index (Phi) is 3.78. The number of sulfone groups is 1. The topological polar surface area (TPSA) is 80.4 Å². The van der Waals surface area contributed by atoms with E-state index in [1.165, 1.54) is 0 Å². The van der Waals surface area contributed by atoms with Crippen molar-refractivity contribution < 1.29 is 13.5 Å². The molecule has 18 heavy (non-hydrogen) atoms. The van der Waals surface area contributed by atoms with Gasteiger partial charge in [0.2, 0.25) is 0 Å². The monoisotopic (exact) mass is 275 g/mol. The van der Waals surface area contributed by atoms with Crippen LogP contribution in [0.5, 0.6) is 0 Å². The summed E-state index contributed by atoms with van der Waals surface area (Å²) in [4.78, 5) is 0. The van der Waals surface area contributed by atoms with Crippen molar-refractivity contribution in [3.05, 3.63) is 0 Å². The van der Waals surface area contributed by atoms with Crippen LogP contribution in [0.1, 0.15) is 45.4 Å². The van der Waals surface area contributed by atoms with E-state index in [-0.39, 0.29) is 18.1 Å². The predicted octanol–water partition coefficient (Wildman–Crippen LogP) is 1.08. The van der Waals surface area contributed by atoms with E-state index in [1.54, 1.807) is 0 Å². The molecule has 2 fully saturated rings. The van der Waals surface area contributed by atoms with Crippen molar-refractivity contribution in [2.24, 2.45) is 17.1 Å². The Morgan fingerprint density at radius 3 is 2.28 bits per heavy atom. The molecule has 1 heterocycles. The van der Waals surface area contributed by atoms with Gasteiger partial charge in [0.1, 0.15) is 0 Å². The van der Waals surface area contributed by atoms with Crippen LogP contribution in [0, 0.1) is 11.3 Å². The van der Waals surface area contributed by atoms with Crippen molar-refractivity contribution in [3.63, 3.8) is 0 Å². The molecule has 106 valence electrons. The molecule has 1 saturated heterocycles. The first-order valence-electron chi connectivity index (χ1n) is 6.99. The summed E-state index contributed by atoms with van der Waals surface area (Å²) in [7, 11) is -3.01. The molecule has 1 aliphatic carbocycles. The number of hydrogen-bond acceptors (Lipinski definition) is 4. The molecule has 1 aliphatic heterocycles. The molecule has 1 atom stereocenters. The molecule has 0 bridgehead atoms. The van der Waals surface area contributed by atoms with Crippen molar-refractivity contribution in [2.75, 3.05) is 18.1 Å². The molecule has 5 heteroatoms. The van der Waals surface area contributed by atoms with Crippen molar-refractivity contribution >= 4 is 9.84 Å². The standard InChI is InChI=1S/C13H25NO3S/c1-2-11-3-5-13(15,6-4-11)12(9-14)7-8-18(16,17)10-12/h11,15H,2-10,14H2,1H3. The lowest BCUT2D eigenvalue weighted by molar-refractivity contribution is -0.102. The highest BCUT2D eigenvalue weighted by Crippen LogP contribution is 2.49. The summed E-state index contributed by atoms with van der Waals surface area (Å²) in [6.45, 7) is 2.45. The van der Waals surface area contributed by atoms with E-state index in [0.717, 1.165) is 19.3 Å². The Morgan fingerprint density at radius 2 is 1.89 bits per heavy atom. The van der Waals surface area contributed by atoms with Gasteiger partial charge in [0.05, 0.1) is 17.1 Å². The zero-order chi connectivity index (χ0) is 13.4. The number of aliphatic hydroxyl groups is 1. The highest BCUT2D eigenvalue weighted by Gasteiger charge is 2.55. The van der Waals surface area contributed by atoms with Crippen molar-refractivity contribution in [1.82, 2.24) is 0 Å². The minimum absolute atomic E-state index is 0.0732. The molecule has 0 aromatic heterocycles. The van der Waals surface area contributed by atoms with E-state index in [2.05, 4.69) is 6.92 Å². The summed E-state index contributed by atoms with van der Waals surface area (Å²) in [6, 6.07) is 0. The third-order valence-corrected chi connectivity index (χ3v) is 7.09. The zero-order valence-corrected chi connectivity index (χ0v) is 12.0. The molecule has 1 unspecified atom stereocenters. The molecule has 0 aromatic carbocycles. The van der Waals surface area contributed by atoms with Gasteiger partial charge >= 0.3 is 0 Å². The molecule has 3 N–H and O–H groups in total. The Hall–Kier alpha value is -0.130. The highest BCUT2D eigenvalue weighted by molar-refractivity contribution is 7.91. The Bertz CT molecular complexity index is 398. The van der Waals surface area contributed by atoms with Crippen molar-refractivity contribution in [2.45, 2.75) is 51.0 Å². The van der Waals surface area contributed by atoms with E-state index >= 15 is 0 Å². The first kappa shape index (κ1) is 14.3. The molecular formula is C13H25NO3S. The zero-order valence-electron chi connectivity index (χ0n) is 11.2. The molecule has 0 aromatic rings. The largest absolute Gasteiger partial charge is 0.389 e. The summed E-state index contributed by atoms with van der Waals surface area (Å²) in [6.07, 6.45) is 5.07. The fourth-order valence-corrected chi connectivity index (χ4v) is 5.95. The third kappa shape index (κ3) is 2.32. The van der Waals surface area contributed by atoms with Gasteiger partial charge in [0.25, 0.3) is 0 Å². The summed E-state index contributed by atoms with van der Waals surface area (Å²) >= 11 is 0. The first-order chi connectivity index (χ1) is 8.36. The summed E-state index contributed by atoms with van der Waals surface area (Å²) in [5, 5.41) is 10.9. The first-order valence-corrected chi connectivity index (χ1v) is 8.81. The number of hydrogen-bond donors (Lipinski definition) is 2. The maximum absolute atomic E-state index is 11.7. The molecular weight excluding hydrogens is 250 g/mol. The fourth-order valence-electron chi connectivity index (χ4n) is 3.73. The quantitative estimate of drug-likeness (QED) is 0.807. The van der Waals surface area contributed by atoms with Crippen LogP contribution in [0.25, 0.3) is 0 Å². The van der Waals surface area contributed by atoms with Gasteiger partial charge in [-0.05, 0) is 38.0 Å². The molecule has 4 nitrogen and oxygen atoms in total. The Balaban J connectivity index is 2.18. The molecule has 1 saturated carbocycles. The maximum atomic E-state index is 11.7. The lowest BCUT2D eigenvalue weighted by atomic mass is 9.63. The van der Waals surface area contributed by atoms with Gasteiger partial charge in [0.15, 0.2) is 9.84 Å². The van der Waals surface area contributed by atoms with Gasteiger partial charge in [-0.3, -0.25) is 0 Å². The fraction of sp³-hybridized carbons (Fsp3) is 1.00. The van der Waals surface area contributed by atoms with Crippen LogP contribution in [-0.4, -0.2) is 37.2 Å². The average Bonchev–Trinajstić information content (AvgIpc) is 2.68. The van der Waals surface area contributed by atoms with Crippen LogP contribution < -0.4 is 5.73 Å². The number of nitrogens with two attached hydrogens (primary N) is 1. The van der Waals surface area contributed by atoms with E-state index in [0.29, 0.717) is 25.2 Å². The Labute approximate surface area is 110 Å².